The Bertz CT molecular complexity index is 402. The van der Waals surface area contributed by atoms with Gasteiger partial charge in [-0.3, -0.25) is 9.78 Å². The number of Topliss-reactive ketones (excluding diaryl/α,β-unsaturated/α-hetero) is 1. The molecule has 1 saturated carbocycles. The largest absolute Gasteiger partial charge is 0.299 e. The van der Waals surface area contributed by atoms with Crippen LogP contribution in [0.4, 0.5) is 0 Å². The number of ketones is 1. The van der Waals surface area contributed by atoms with Crippen molar-refractivity contribution in [1.29, 1.82) is 0 Å². The molecule has 0 atom stereocenters. The van der Waals surface area contributed by atoms with Crippen molar-refractivity contribution >= 4 is 5.78 Å². The van der Waals surface area contributed by atoms with Crippen LogP contribution in [0.25, 0.3) is 0 Å². The van der Waals surface area contributed by atoms with Gasteiger partial charge in [0.05, 0.1) is 0 Å². The molecule has 0 aliphatic heterocycles. The van der Waals surface area contributed by atoms with Gasteiger partial charge in [0.25, 0.3) is 0 Å². The van der Waals surface area contributed by atoms with E-state index >= 15 is 0 Å². The maximum absolute atomic E-state index is 12.4. The molecule has 98 valence electrons. The SMILES string of the molecule is CCc1ccc(CC(=O)C2(C)CCCCC2)nc1. The topological polar surface area (TPSA) is 30.0 Å². The van der Waals surface area contributed by atoms with Gasteiger partial charge >= 0.3 is 0 Å². The molecule has 1 fully saturated rings. The van der Waals surface area contributed by atoms with E-state index in [0.717, 1.165) is 25.0 Å². The highest BCUT2D eigenvalue weighted by Gasteiger charge is 2.33. The van der Waals surface area contributed by atoms with Crippen molar-refractivity contribution in [2.75, 3.05) is 0 Å². The number of aromatic nitrogens is 1. The summed E-state index contributed by atoms with van der Waals surface area (Å²) < 4.78 is 0. The van der Waals surface area contributed by atoms with Crippen LogP contribution in [0.3, 0.4) is 0 Å². The number of hydrogen-bond acceptors (Lipinski definition) is 2. The maximum Gasteiger partial charge on any atom is 0.144 e. The van der Waals surface area contributed by atoms with Crippen molar-refractivity contribution in [3.63, 3.8) is 0 Å². The highest BCUT2D eigenvalue weighted by Crippen LogP contribution is 2.37. The fraction of sp³-hybridized carbons (Fsp3) is 0.625. The van der Waals surface area contributed by atoms with Crippen LogP contribution in [0.15, 0.2) is 18.3 Å². The quantitative estimate of drug-likeness (QED) is 0.809. The van der Waals surface area contributed by atoms with Crippen LogP contribution in [-0.4, -0.2) is 10.8 Å². The molecule has 0 radical (unpaired) electrons. The Morgan fingerprint density at radius 3 is 2.56 bits per heavy atom. The molecular formula is C16H23NO. The number of rotatable bonds is 4. The number of hydrogen-bond donors (Lipinski definition) is 0. The van der Waals surface area contributed by atoms with Crippen LogP contribution in [0.5, 0.6) is 0 Å². The first-order valence-corrected chi connectivity index (χ1v) is 7.11. The van der Waals surface area contributed by atoms with E-state index in [1.807, 2.05) is 12.3 Å². The molecule has 0 N–H and O–H groups in total. The molecule has 1 aromatic rings. The lowest BCUT2D eigenvalue weighted by molar-refractivity contribution is -0.128. The predicted octanol–water partition coefficient (Wildman–Crippen LogP) is 3.73. The van der Waals surface area contributed by atoms with Crippen molar-refractivity contribution < 1.29 is 4.79 Å². The number of carbonyl (C=O) groups is 1. The Morgan fingerprint density at radius 2 is 2.00 bits per heavy atom. The summed E-state index contributed by atoms with van der Waals surface area (Å²) in [5.74, 6) is 0.374. The molecule has 1 aliphatic carbocycles. The zero-order valence-electron chi connectivity index (χ0n) is 11.5. The van der Waals surface area contributed by atoms with E-state index in [2.05, 4.69) is 24.9 Å². The van der Waals surface area contributed by atoms with E-state index in [-0.39, 0.29) is 5.41 Å². The summed E-state index contributed by atoms with van der Waals surface area (Å²) >= 11 is 0. The van der Waals surface area contributed by atoms with Gasteiger partial charge in [-0.2, -0.15) is 0 Å². The normalized spacial score (nSPS) is 18.6. The number of nitrogens with zero attached hydrogens (tertiary/aromatic N) is 1. The minimum Gasteiger partial charge on any atom is -0.299 e. The van der Waals surface area contributed by atoms with E-state index < -0.39 is 0 Å². The summed E-state index contributed by atoms with van der Waals surface area (Å²) in [6.07, 6.45) is 9.18. The lowest BCUT2D eigenvalue weighted by atomic mass is 9.71. The van der Waals surface area contributed by atoms with Crippen molar-refractivity contribution in [2.24, 2.45) is 5.41 Å². The third-order valence-electron chi connectivity index (χ3n) is 4.27. The van der Waals surface area contributed by atoms with Crippen LogP contribution < -0.4 is 0 Å². The van der Waals surface area contributed by atoms with Crippen LogP contribution in [0, 0.1) is 5.41 Å². The summed E-state index contributed by atoms with van der Waals surface area (Å²) in [6.45, 7) is 4.25. The highest BCUT2D eigenvalue weighted by molar-refractivity contribution is 5.86. The fourth-order valence-corrected chi connectivity index (χ4v) is 2.76. The third-order valence-corrected chi connectivity index (χ3v) is 4.27. The molecule has 0 bridgehead atoms. The Kier molecular flexibility index (Phi) is 4.15. The number of aryl methyl sites for hydroxylation is 1. The lowest BCUT2D eigenvalue weighted by Crippen LogP contribution is -2.31. The maximum atomic E-state index is 12.4. The van der Waals surface area contributed by atoms with Crippen LogP contribution >= 0.6 is 0 Å². The summed E-state index contributed by atoms with van der Waals surface area (Å²) in [4.78, 5) is 16.8. The zero-order valence-corrected chi connectivity index (χ0v) is 11.5. The minimum absolute atomic E-state index is 0.0939. The first-order chi connectivity index (χ1) is 8.64. The third kappa shape index (κ3) is 2.98. The Hall–Kier alpha value is -1.18. The zero-order chi connectivity index (χ0) is 13.0. The predicted molar refractivity (Wildman–Crippen MR) is 73.5 cm³/mol. The molecule has 0 spiro atoms. The van der Waals surface area contributed by atoms with Gasteiger partial charge in [0.2, 0.25) is 0 Å². The molecule has 1 aliphatic rings. The first kappa shape index (κ1) is 13.3. The minimum atomic E-state index is -0.0939. The first-order valence-electron chi connectivity index (χ1n) is 7.11. The monoisotopic (exact) mass is 245 g/mol. The Balaban J connectivity index is 2.01. The van der Waals surface area contributed by atoms with Gasteiger partial charge in [0, 0.05) is 23.7 Å². The molecular weight excluding hydrogens is 222 g/mol. The van der Waals surface area contributed by atoms with E-state index in [9.17, 15) is 4.79 Å². The Labute approximate surface area is 110 Å². The van der Waals surface area contributed by atoms with Crippen molar-refractivity contribution in [3.8, 4) is 0 Å². The second-order valence-corrected chi connectivity index (χ2v) is 5.73. The molecule has 2 rings (SSSR count). The molecule has 0 amide bonds. The standard InChI is InChI=1S/C16H23NO/c1-3-13-7-8-14(17-12-13)11-15(18)16(2)9-5-4-6-10-16/h7-8,12H,3-6,9-11H2,1-2H3. The summed E-state index contributed by atoms with van der Waals surface area (Å²) in [5, 5.41) is 0. The molecule has 0 aromatic carbocycles. The second kappa shape index (κ2) is 5.64. The van der Waals surface area contributed by atoms with E-state index in [0.29, 0.717) is 12.2 Å². The Morgan fingerprint density at radius 1 is 1.28 bits per heavy atom. The molecule has 0 saturated heterocycles. The van der Waals surface area contributed by atoms with Gasteiger partial charge in [-0.1, -0.05) is 39.2 Å². The van der Waals surface area contributed by atoms with Gasteiger partial charge < -0.3 is 0 Å². The van der Waals surface area contributed by atoms with Gasteiger partial charge in [-0.15, -0.1) is 0 Å². The smallest absolute Gasteiger partial charge is 0.144 e. The fourth-order valence-electron chi connectivity index (χ4n) is 2.76. The van der Waals surface area contributed by atoms with Gasteiger partial charge in [-0.25, -0.2) is 0 Å². The molecule has 18 heavy (non-hydrogen) atoms. The second-order valence-electron chi connectivity index (χ2n) is 5.73. The van der Waals surface area contributed by atoms with E-state index in [1.165, 1.54) is 24.8 Å². The van der Waals surface area contributed by atoms with Crippen LogP contribution in [-0.2, 0) is 17.6 Å². The molecule has 2 nitrogen and oxygen atoms in total. The summed E-state index contributed by atoms with van der Waals surface area (Å²) in [6, 6.07) is 4.09. The van der Waals surface area contributed by atoms with Gasteiger partial charge in [-0.05, 0) is 30.9 Å². The van der Waals surface area contributed by atoms with Crippen molar-refractivity contribution in [1.82, 2.24) is 4.98 Å². The number of pyridine rings is 1. The van der Waals surface area contributed by atoms with Gasteiger partial charge in [0.15, 0.2) is 0 Å². The average Bonchev–Trinajstić information content (AvgIpc) is 2.40. The van der Waals surface area contributed by atoms with Crippen LogP contribution in [0.2, 0.25) is 0 Å². The lowest BCUT2D eigenvalue weighted by Gasteiger charge is -2.31. The van der Waals surface area contributed by atoms with E-state index in [1.54, 1.807) is 0 Å². The van der Waals surface area contributed by atoms with Crippen molar-refractivity contribution in [3.05, 3.63) is 29.6 Å². The van der Waals surface area contributed by atoms with E-state index in [4.69, 9.17) is 0 Å². The van der Waals surface area contributed by atoms with Crippen molar-refractivity contribution in [2.45, 2.75) is 58.8 Å². The molecule has 1 heterocycles. The van der Waals surface area contributed by atoms with Gasteiger partial charge in [0.1, 0.15) is 5.78 Å². The molecule has 1 aromatic heterocycles. The highest BCUT2D eigenvalue weighted by atomic mass is 16.1. The summed E-state index contributed by atoms with van der Waals surface area (Å²) in [5.41, 5.74) is 2.06. The van der Waals surface area contributed by atoms with Crippen LogP contribution in [0.1, 0.15) is 57.2 Å². The molecule has 0 unspecified atom stereocenters. The summed E-state index contributed by atoms with van der Waals surface area (Å²) in [7, 11) is 0. The molecule has 2 heteroatoms. The number of carbonyl (C=O) groups excluding carboxylic acids is 1. The average molecular weight is 245 g/mol.